The van der Waals surface area contributed by atoms with Crippen molar-refractivity contribution >= 4 is 27.8 Å². The van der Waals surface area contributed by atoms with E-state index in [1.807, 2.05) is 30.5 Å². The number of thiazole rings is 1. The summed E-state index contributed by atoms with van der Waals surface area (Å²) in [7, 11) is 0. The summed E-state index contributed by atoms with van der Waals surface area (Å²) in [6.07, 6.45) is 6.25. The Morgan fingerprint density at radius 3 is 2.63 bits per heavy atom. The van der Waals surface area contributed by atoms with Crippen LogP contribution >= 0.6 is 11.3 Å². The van der Waals surface area contributed by atoms with Gasteiger partial charge in [0, 0.05) is 42.0 Å². The Bertz CT molecular complexity index is 1330. The molecule has 0 fully saturated rings. The average Bonchev–Trinajstić information content (AvgIpc) is 3.20. The van der Waals surface area contributed by atoms with E-state index >= 15 is 0 Å². The monoisotopic (exact) mass is 408 g/mol. The van der Waals surface area contributed by atoms with Gasteiger partial charge in [0.2, 0.25) is 0 Å². The molecule has 0 aliphatic heterocycles. The smallest absolute Gasteiger partial charge is 0.190 e. The Balaban J connectivity index is 1.64. The maximum Gasteiger partial charge on any atom is 0.190 e. The van der Waals surface area contributed by atoms with Crippen LogP contribution in [0, 0.1) is 0 Å². The Hall–Kier alpha value is -3.57. The van der Waals surface area contributed by atoms with E-state index in [2.05, 4.69) is 68.4 Å². The fourth-order valence-electron chi connectivity index (χ4n) is 3.60. The second-order valence-corrected chi connectivity index (χ2v) is 7.81. The van der Waals surface area contributed by atoms with Crippen LogP contribution in [-0.2, 0) is 13.0 Å². The zero-order valence-electron chi connectivity index (χ0n) is 16.3. The molecule has 5 heteroatoms. The Morgan fingerprint density at radius 2 is 1.77 bits per heavy atom. The van der Waals surface area contributed by atoms with Crippen LogP contribution in [0.2, 0.25) is 0 Å². The van der Waals surface area contributed by atoms with Crippen LogP contribution in [0.1, 0.15) is 5.69 Å². The summed E-state index contributed by atoms with van der Waals surface area (Å²) in [5.41, 5.74) is 4.33. The Kier molecular flexibility index (Phi) is 5.19. The van der Waals surface area contributed by atoms with Crippen molar-refractivity contribution in [1.82, 2.24) is 14.5 Å². The number of nitrogens with zero attached hydrogens (tertiary/aromatic N) is 4. The van der Waals surface area contributed by atoms with Gasteiger partial charge in [0.1, 0.15) is 0 Å². The summed E-state index contributed by atoms with van der Waals surface area (Å²) in [6, 6.07) is 24.9. The van der Waals surface area contributed by atoms with E-state index in [4.69, 9.17) is 4.99 Å². The molecule has 0 saturated heterocycles. The van der Waals surface area contributed by atoms with E-state index in [0.717, 1.165) is 29.1 Å². The molecule has 0 unspecified atom stereocenters. The summed E-state index contributed by atoms with van der Waals surface area (Å²) in [4.78, 5) is 14.5. The van der Waals surface area contributed by atoms with Crippen molar-refractivity contribution in [3.63, 3.8) is 0 Å². The van der Waals surface area contributed by atoms with Crippen LogP contribution in [0.4, 0.5) is 5.69 Å². The molecule has 30 heavy (non-hydrogen) atoms. The van der Waals surface area contributed by atoms with E-state index in [9.17, 15) is 0 Å². The molecule has 0 bridgehead atoms. The van der Waals surface area contributed by atoms with Crippen LogP contribution < -0.4 is 4.80 Å². The van der Waals surface area contributed by atoms with E-state index < -0.39 is 0 Å². The topological polar surface area (TPSA) is 43.1 Å². The van der Waals surface area contributed by atoms with Gasteiger partial charge < -0.3 is 4.57 Å². The van der Waals surface area contributed by atoms with Crippen LogP contribution in [0.3, 0.4) is 0 Å². The number of pyridine rings is 2. The van der Waals surface area contributed by atoms with E-state index in [1.165, 1.54) is 22.0 Å². The summed E-state index contributed by atoms with van der Waals surface area (Å²) < 4.78 is 2.30. The molecule has 0 aliphatic carbocycles. The van der Waals surface area contributed by atoms with Gasteiger partial charge in [-0.15, -0.1) is 11.3 Å². The van der Waals surface area contributed by atoms with E-state index in [-0.39, 0.29) is 0 Å². The third-order valence-electron chi connectivity index (χ3n) is 5.05. The van der Waals surface area contributed by atoms with Crippen molar-refractivity contribution in [1.29, 1.82) is 0 Å². The molecule has 0 saturated carbocycles. The first-order valence-electron chi connectivity index (χ1n) is 9.89. The first-order chi connectivity index (χ1) is 14.9. The third-order valence-corrected chi connectivity index (χ3v) is 5.92. The summed E-state index contributed by atoms with van der Waals surface area (Å²) in [5, 5.41) is 4.69. The lowest BCUT2D eigenvalue weighted by Crippen LogP contribution is -2.17. The summed E-state index contributed by atoms with van der Waals surface area (Å²) in [5.74, 6) is 0. The molecule has 3 aromatic heterocycles. The van der Waals surface area contributed by atoms with Crippen molar-refractivity contribution in [3.8, 4) is 11.3 Å². The van der Waals surface area contributed by atoms with Crippen molar-refractivity contribution in [2.24, 2.45) is 4.99 Å². The minimum Gasteiger partial charge on any atom is -0.316 e. The standard InChI is InChI=1S/C25H20N4S/c1-2-11-22-19(7-1)8-5-12-23(22)24-18-30-25(28-21-10-6-14-26-17-21)29(24)16-13-20-9-3-4-15-27-20/h1-12,14-15,17-18H,13,16H2. The van der Waals surface area contributed by atoms with Gasteiger partial charge in [0.05, 0.1) is 17.6 Å². The number of fused-ring (bicyclic) bond motifs is 1. The van der Waals surface area contributed by atoms with Crippen LogP contribution in [0.5, 0.6) is 0 Å². The molecular formula is C25H20N4S. The van der Waals surface area contributed by atoms with Crippen LogP contribution in [0.25, 0.3) is 22.0 Å². The first-order valence-corrected chi connectivity index (χ1v) is 10.8. The number of aromatic nitrogens is 3. The lowest BCUT2D eigenvalue weighted by molar-refractivity contribution is 0.674. The van der Waals surface area contributed by atoms with Crippen molar-refractivity contribution in [3.05, 3.63) is 107 Å². The fraction of sp³-hybridized carbons (Fsp3) is 0.0800. The van der Waals surface area contributed by atoms with Crippen molar-refractivity contribution < 1.29 is 0 Å². The summed E-state index contributed by atoms with van der Waals surface area (Å²) in [6.45, 7) is 0.804. The second-order valence-electron chi connectivity index (χ2n) is 6.98. The SMILES string of the molecule is c1ccc(CCn2c(-c3cccc4ccccc34)csc2=Nc2cccnc2)nc1. The second kappa shape index (κ2) is 8.43. The fourth-order valence-corrected chi connectivity index (χ4v) is 4.55. The number of hydrogen-bond acceptors (Lipinski definition) is 4. The lowest BCUT2D eigenvalue weighted by Gasteiger charge is -2.11. The molecule has 0 radical (unpaired) electrons. The number of benzene rings is 2. The highest BCUT2D eigenvalue weighted by atomic mass is 32.1. The molecule has 146 valence electrons. The number of hydrogen-bond donors (Lipinski definition) is 0. The summed E-state index contributed by atoms with van der Waals surface area (Å²) >= 11 is 1.66. The predicted octanol–water partition coefficient (Wildman–Crippen LogP) is 5.63. The zero-order valence-corrected chi connectivity index (χ0v) is 17.2. The number of rotatable bonds is 5. The highest BCUT2D eigenvalue weighted by molar-refractivity contribution is 7.07. The molecule has 5 aromatic rings. The molecule has 0 aliphatic rings. The van der Waals surface area contributed by atoms with Crippen LogP contribution in [0.15, 0.2) is 102 Å². The largest absolute Gasteiger partial charge is 0.316 e. The van der Waals surface area contributed by atoms with Crippen LogP contribution in [-0.4, -0.2) is 14.5 Å². The molecule has 0 amide bonds. The lowest BCUT2D eigenvalue weighted by atomic mass is 10.0. The van der Waals surface area contributed by atoms with Gasteiger partial charge in [-0.1, -0.05) is 48.5 Å². The Labute approximate surface area is 178 Å². The molecule has 0 N–H and O–H groups in total. The van der Waals surface area contributed by atoms with E-state index in [1.54, 1.807) is 23.7 Å². The minimum atomic E-state index is 0.804. The molecular weight excluding hydrogens is 388 g/mol. The molecule has 0 spiro atoms. The molecule has 2 aromatic carbocycles. The quantitative estimate of drug-likeness (QED) is 0.378. The normalized spacial score (nSPS) is 11.8. The maximum atomic E-state index is 4.88. The average molecular weight is 409 g/mol. The highest BCUT2D eigenvalue weighted by Gasteiger charge is 2.11. The predicted molar refractivity (Wildman–Crippen MR) is 123 cm³/mol. The van der Waals surface area contributed by atoms with Gasteiger partial charge in [0.25, 0.3) is 0 Å². The first kappa shape index (κ1) is 18.5. The van der Waals surface area contributed by atoms with Crippen molar-refractivity contribution in [2.45, 2.75) is 13.0 Å². The van der Waals surface area contributed by atoms with Gasteiger partial charge in [-0.2, -0.15) is 0 Å². The van der Waals surface area contributed by atoms with Gasteiger partial charge in [0.15, 0.2) is 4.80 Å². The third kappa shape index (κ3) is 3.80. The molecule has 5 rings (SSSR count). The van der Waals surface area contributed by atoms with Crippen molar-refractivity contribution in [2.75, 3.05) is 0 Å². The molecule has 4 nitrogen and oxygen atoms in total. The van der Waals surface area contributed by atoms with Gasteiger partial charge in [-0.25, -0.2) is 4.99 Å². The van der Waals surface area contributed by atoms with E-state index in [0.29, 0.717) is 0 Å². The number of aryl methyl sites for hydroxylation is 1. The maximum absolute atomic E-state index is 4.88. The van der Waals surface area contributed by atoms with Gasteiger partial charge in [-0.05, 0) is 35.0 Å². The van der Waals surface area contributed by atoms with Gasteiger partial charge in [-0.3, -0.25) is 9.97 Å². The minimum absolute atomic E-state index is 0.804. The zero-order chi connectivity index (χ0) is 20.2. The Morgan fingerprint density at radius 1 is 0.867 bits per heavy atom. The highest BCUT2D eigenvalue weighted by Crippen LogP contribution is 2.29. The van der Waals surface area contributed by atoms with Gasteiger partial charge >= 0.3 is 0 Å². The molecule has 3 heterocycles. The molecule has 0 atom stereocenters.